The van der Waals surface area contributed by atoms with Gasteiger partial charge >= 0.3 is 0 Å². The largest absolute Gasteiger partial charge is 0.493 e. The molecule has 29 heavy (non-hydrogen) atoms. The van der Waals surface area contributed by atoms with Crippen LogP contribution in [0.2, 0.25) is 0 Å². The van der Waals surface area contributed by atoms with E-state index in [2.05, 4.69) is 11.9 Å². The molecule has 1 aliphatic rings. The van der Waals surface area contributed by atoms with Crippen molar-refractivity contribution in [2.75, 3.05) is 13.7 Å². The summed E-state index contributed by atoms with van der Waals surface area (Å²) < 4.78 is 11.2. The molecular formula is C22H20N2O4S. The molecule has 0 spiro atoms. The van der Waals surface area contributed by atoms with Crippen LogP contribution in [0.25, 0.3) is 6.08 Å². The molecule has 2 aromatic rings. The van der Waals surface area contributed by atoms with E-state index in [9.17, 15) is 9.59 Å². The summed E-state index contributed by atoms with van der Waals surface area (Å²) in [5, 5.41) is 2.59. The Balaban J connectivity index is 1.83. The Morgan fingerprint density at radius 3 is 2.59 bits per heavy atom. The molecular weight excluding hydrogens is 388 g/mol. The molecule has 6 nitrogen and oxygen atoms in total. The maximum atomic E-state index is 12.6. The fourth-order valence-corrected chi connectivity index (χ4v) is 3.03. The molecule has 7 heteroatoms. The van der Waals surface area contributed by atoms with Crippen LogP contribution in [0.4, 0.5) is 0 Å². The summed E-state index contributed by atoms with van der Waals surface area (Å²) in [5.74, 6) is 0.0514. The van der Waals surface area contributed by atoms with Crippen LogP contribution in [0.5, 0.6) is 11.5 Å². The van der Waals surface area contributed by atoms with Crippen LogP contribution >= 0.6 is 12.2 Å². The van der Waals surface area contributed by atoms with E-state index in [0.29, 0.717) is 23.7 Å². The molecule has 0 aliphatic carbocycles. The van der Waals surface area contributed by atoms with E-state index in [1.807, 2.05) is 30.3 Å². The van der Waals surface area contributed by atoms with Crippen molar-refractivity contribution in [3.8, 4) is 11.5 Å². The van der Waals surface area contributed by atoms with Gasteiger partial charge in [0.15, 0.2) is 16.6 Å². The van der Waals surface area contributed by atoms with Gasteiger partial charge in [0.2, 0.25) is 0 Å². The van der Waals surface area contributed by atoms with E-state index >= 15 is 0 Å². The van der Waals surface area contributed by atoms with Crippen LogP contribution in [0, 0.1) is 0 Å². The quantitative estimate of drug-likeness (QED) is 0.330. The minimum absolute atomic E-state index is 0.0135. The molecule has 3 rings (SSSR count). The number of hydrogen-bond acceptors (Lipinski definition) is 5. The zero-order valence-corrected chi connectivity index (χ0v) is 16.7. The van der Waals surface area contributed by atoms with Gasteiger partial charge in [-0.05, 0) is 41.6 Å². The van der Waals surface area contributed by atoms with Gasteiger partial charge in [-0.2, -0.15) is 0 Å². The average molecular weight is 408 g/mol. The van der Waals surface area contributed by atoms with Crippen LogP contribution in [0.1, 0.15) is 11.1 Å². The van der Waals surface area contributed by atoms with E-state index < -0.39 is 11.8 Å². The fourth-order valence-electron chi connectivity index (χ4n) is 2.78. The smallest absolute Gasteiger partial charge is 0.265 e. The van der Waals surface area contributed by atoms with Gasteiger partial charge in [-0.25, -0.2) is 0 Å². The number of benzene rings is 2. The molecule has 1 saturated heterocycles. The predicted octanol–water partition coefficient (Wildman–Crippen LogP) is 3.09. The van der Waals surface area contributed by atoms with Crippen molar-refractivity contribution >= 4 is 35.2 Å². The third-order valence-electron chi connectivity index (χ3n) is 4.23. The summed E-state index contributed by atoms with van der Waals surface area (Å²) in [6.07, 6.45) is 3.04. The Morgan fingerprint density at radius 2 is 1.90 bits per heavy atom. The topological polar surface area (TPSA) is 67.9 Å². The van der Waals surface area contributed by atoms with E-state index in [0.717, 1.165) is 5.56 Å². The number of rotatable bonds is 7. The van der Waals surface area contributed by atoms with Crippen molar-refractivity contribution in [3.63, 3.8) is 0 Å². The summed E-state index contributed by atoms with van der Waals surface area (Å²) in [6.45, 7) is 4.22. The Hall–Kier alpha value is -3.45. The summed E-state index contributed by atoms with van der Waals surface area (Å²) >= 11 is 5.05. The summed E-state index contributed by atoms with van der Waals surface area (Å²) in [4.78, 5) is 26.2. The SMILES string of the molecule is C=CCN1C(=O)/C(=C/c2ccc(OCc3ccccc3)c(OC)c2)C(=O)NC1=S. The predicted molar refractivity (Wildman–Crippen MR) is 114 cm³/mol. The maximum Gasteiger partial charge on any atom is 0.265 e. The first-order valence-electron chi connectivity index (χ1n) is 8.88. The van der Waals surface area contributed by atoms with Crippen LogP contribution in [0.15, 0.2) is 66.8 Å². The van der Waals surface area contributed by atoms with Crippen LogP contribution in [-0.4, -0.2) is 35.5 Å². The summed E-state index contributed by atoms with van der Waals surface area (Å²) in [5.41, 5.74) is 1.64. The first-order chi connectivity index (χ1) is 14.0. The lowest BCUT2D eigenvalue weighted by molar-refractivity contribution is -0.128. The maximum absolute atomic E-state index is 12.6. The van der Waals surface area contributed by atoms with Gasteiger partial charge in [-0.1, -0.05) is 42.5 Å². The van der Waals surface area contributed by atoms with Crippen LogP contribution < -0.4 is 14.8 Å². The second-order valence-electron chi connectivity index (χ2n) is 6.21. The van der Waals surface area contributed by atoms with Gasteiger partial charge in [0.25, 0.3) is 11.8 Å². The van der Waals surface area contributed by atoms with Gasteiger partial charge in [0.05, 0.1) is 7.11 Å². The highest BCUT2D eigenvalue weighted by atomic mass is 32.1. The third-order valence-corrected chi connectivity index (χ3v) is 4.56. The van der Waals surface area contributed by atoms with Crippen LogP contribution in [-0.2, 0) is 16.2 Å². The van der Waals surface area contributed by atoms with Crippen LogP contribution in [0.3, 0.4) is 0 Å². The number of amides is 2. The number of methoxy groups -OCH3 is 1. The van der Waals surface area contributed by atoms with Crippen molar-refractivity contribution in [1.29, 1.82) is 0 Å². The van der Waals surface area contributed by atoms with E-state index in [1.54, 1.807) is 24.3 Å². The highest BCUT2D eigenvalue weighted by Crippen LogP contribution is 2.30. The molecule has 1 heterocycles. The molecule has 1 aliphatic heterocycles. The summed E-state index contributed by atoms with van der Waals surface area (Å²) in [6, 6.07) is 15.0. The number of nitrogens with zero attached hydrogens (tertiary/aromatic N) is 1. The zero-order valence-electron chi connectivity index (χ0n) is 15.9. The third kappa shape index (κ3) is 4.70. The van der Waals surface area contributed by atoms with Gasteiger partial charge in [-0.3, -0.25) is 19.8 Å². The Kier molecular flexibility index (Phi) is 6.41. The van der Waals surface area contributed by atoms with Gasteiger partial charge in [0.1, 0.15) is 12.2 Å². The number of carbonyl (C=O) groups excluding carboxylic acids is 2. The molecule has 2 amide bonds. The van der Waals surface area contributed by atoms with Crippen molar-refractivity contribution < 1.29 is 19.1 Å². The average Bonchev–Trinajstić information content (AvgIpc) is 2.73. The molecule has 0 aromatic heterocycles. The lowest BCUT2D eigenvalue weighted by Gasteiger charge is -2.27. The molecule has 148 valence electrons. The minimum atomic E-state index is -0.538. The van der Waals surface area contributed by atoms with Gasteiger partial charge in [-0.15, -0.1) is 6.58 Å². The van der Waals surface area contributed by atoms with E-state index in [4.69, 9.17) is 21.7 Å². The second-order valence-corrected chi connectivity index (χ2v) is 6.59. The molecule has 2 aromatic carbocycles. The molecule has 0 bridgehead atoms. The Labute approximate surface area is 174 Å². The monoisotopic (exact) mass is 408 g/mol. The first-order valence-corrected chi connectivity index (χ1v) is 9.29. The Morgan fingerprint density at radius 1 is 1.14 bits per heavy atom. The highest BCUT2D eigenvalue weighted by Gasteiger charge is 2.32. The highest BCUT2D eigenvalue weighted by molar-refractivity contribution is 7.80. The van der Waals surface area contributed by atoms with E-state index in [1.165, 1.54) is 18.1 Å². The first kappa shape index (κ1) is 20.3. The van der Waals surface area contributed by atoms with Crippen molar-refractivity contribution in [1.82, 2.24) is 10.2 Å². The molecule has 0 atom stereocenters. The summed E-state index contributed by atoms with van der Waals surface area (Å²) in [7, 11) is 1.53. The van der Waals surface area contributed by atoms with Gasteiger partial charge in [0, 0.05) is 6.54 Å². The molecule has 0 unspecified atom stereocenters. The molecule has 1 N–H and O–H groups in total. The lowest BCUT2D eigenvalue weighted by atomic mass is 10.1. The number of ether oxygens (including phenoxy) is 2. The molecule has 0 saturated carbocycles. The second kappa shape index (κ2) is 9.16. The van der Waals surface area contributed by atoms with Crippen molar-refractivity contribution in [3.05, 3.63) is 77.9 Å². The number of carbonyl (C=O) groups is 2. The Bertz CT molecular complexity index is 986. The van der Waals surface area contributed by atoms with Crippen molar-refractivity contribution in [2.45, 2.75) is 6.61 Å². The lowest BCUT2D eigenvalue weighted by Crippen LogP contribution is -2.53. The fraction of sp³-hybridized carbons (Fsp3) is 0.136. The normalized spacial score (nSPS) is 15.3. The number of nitrogens with one attached hydrogen (secondary N) is 1. The number of hydrogen-bond donors (Lipinski definition) is 1. The zero-order chi connectivity index (χ0) is 20.8. The van der Waals surface area contributed by atoms with E-state index in [-0.39, 0.29) is 17.2 Å². The van der Waals surface area contributed by atoms with Gasteiger partial charge < -0.3 is 9.47 Å². The van der Waals surface area contributed by atoms with Crippen molar-refractivity contribution in [2.24, 2.45) is 0 Å². The standard InChI is InChI=1S/C22H20N2O4S/c1-3-11-24-21(26)17(20(25)23-22(24)29)12-16-9-10-18(19(13-16)27-2)28-14-15-7-5-4-6-8-15/h3-10,12-13H,1,11,14H2,2H3,(H,23,25,29)/b17-12+. The number of thiocarbonyl (C=S) groups is 1. The molecule has 0 radical (unpaired) electrons. The molecule has 1 fully saturated rings. The minimum Gasteiger partial charge on any atom is -0.493 e.